The van der Waals surface area contributed by atoms with Crippen molar-refractivity contribution in [1.82, 2.24) is 4.98 Å². The molecule has 0 bridgehead atoms. The van der Waals surface area contributed by atoms with Crippen LogP contribution in [0.15, 0.2) is 24.3 Å². The molecule has 0 aliphatic rings. The maximum atomic E-state index is 13.8. The van der Waals surface area contributed by atoms with Crippen molar-refractivity contribution in [2.75, 3.05) is 7.11 Å². The monoisotopic (exact) mass is 357 g/mol. The largest absolute Gasteiger partial charge is 0.497 e. The third-order valence-electron chi connectivity index (χ3n) is 2.79. The molecule has 0 amide bonds. The number of nitrogens with zero attached hydrogens (tertiary/aromatic N) is 1. The van der Waals surface area contributed by atoms with E-state index in [1.54, 1.807) is 19.1 Å². The Labute approximate surface area is 130 Å². The normalized spacial score (nSPS) is 10.5. The Morgan fingerprint density at radius 1 is 1.14 bits per heavy atom. The van der Waals surface area contributed by atoms with Crippen LogP contribution in [-0.2, 0) is 11.9 Å². The molecule has 0 aliphatic carbocycles. The van der Waals surface area contributed by atoms with Crippen molar-refractivity contribution >= 4 is 15.9 Å². The van der Waals surface area contributed by atoms with Gasteiger partial charge in [0.25, 0.3) is 0 Å². The highest BCUT2D eigenvalue weighted by Crippen LogP contribution is 2.25. The summed E-state index contributed by atoms with van der Waals surface area (Å²) in [5, 5.41) is 0.373. The van der Waals surface area contributed by atoms with Crippen LogP contribution in [0, 0.1) is 18.6 Å². The molecule has 2 rings (SSSR count). The second kappa shape index (κ2) is 6.85. The number of methoxy groups -OCH3 is 1. The minimum absolute atomic E-state index is 0.0421. The fraction of sp³-hybridized carbons (Fsp3) is 0.267. The van der Waals surface area contributed by atoms with Gasteiger partial charge in [0.1, 0.15) is 12.4 Å². The van der Waals surface area contributed by atoms with Crippen molar-refractivity contribution in [3.05, 3.63) is 52.9 Å². The lowest BCUT2D eigenvalue weighted by molar-refractivity contribution is 0.269. The molecule has 0 spiro atoms. The summed E-state index contributed by atoms with van der Waals surface area (Å²) < 4.78 is 37.9. The number of hydrogen-bond donors (Lipinski definition) is 0. The molecule has 2 aromatic rings. The Morgan fingerprint density at radius 3 is 2.38 bits per heavy atom. The van der Waals surface area contributed by atoms with Gasteiger partial charge in [-0.2, -0.15) is 0 Å². The first kappa shape index (κ1) is 15.7. The molecule has 0 aliphatic heterocycles. The molecule has 0 unspecified atom stereocenters. The third-order valence-corrected chi connectivity index (χ3v) is 3.44. The molecule has 1 aromatic carbocycles. The zero-order valence-electron chi connectivity index (χ0n) is 11.6. The minimum Gasteiger partial charge on any atom is -0.497 e. The van der Waals surface area contributed by atoms with Crippen molar-refractivity contribution in [2.24, 2.45) is 0 Å². The van der Waals surface area contributed by atoms with E-state index in [-0.39, 0.29) is 6.61 Å². The van der Waals surface area contributed by atoms with E-state index >= 15 is 0 Å². The number of aryl methyl sites for hydroxylation is 1. The van der Waals surface area contributed by atoms with Crippen LogP contribution >= 0.6 is 15.9 Å². The summed E-state index contributed by atoms with van der Waals surface area (Å²) in [6.07, 6.45) is 0. The van der Waals surface area contributed by atoms with E-state index in [2.05, 4.69) is 20.9 Å². The Morgan fingerprint density at radius 2 is 1.81 bits per heavy atom. The van der Waals surface area contributed by atoms with Crippen LogP contribution in [-0.4, -0.2) is 12.1 Å². The third kappa shape index (κ3) is 3.91. The van der Waals surface area contributed by atoms with E-state index in [0.717, 1.165) is 5.69 Å². The number of halogens is 3. The molecular formula is C15H14BrF2NO2. The van der Waals surface area contributed by atoms with Crippen LogP contribution < -0.4 is 9.47 Å². The minimum atomic E-state index is -0.732. The Balaban J connectivity index is 2.18. The number of hydrogen-bond acceptors (Lipinski definition) is 3. The topological polar surface area (TPSA) is 31.4 Å². The van der Waals surface area contributed by atoms with Gasteiger partial charge in [0, 0.05) is 23.2 Å². The molecule has 0 saturated heterocycles. The summed E-state index contributed by atoms with van der Waals surface area (Å²) in [7, 11) is 1.54. The van der Waals surface area contributed by atoms with Gasteiger partial charge in [-0.1, -0.05) is 15.9 Å². The molecule has 0 N–H and O–H groups in total. The first-order chi connectivity index (χ1) is 10.0. The molecule has 3 nitrogen and oxygen atoms in total. The molecule has 0 atom stereocenters. The second-order valence-corrected chi connectivity index (χ2v) is 5.01. The van der Waals surface area contributed by atoms with Gasteiger partial charge in [-0.05, 0) is 24.6 Å². The summed E-state index contributed by atoms with van der Waals surface area (Å²) in [5.41, 5.74) is 1.78. The highest BCUT2D eigenvalue weighted by atomic mass is 79.9. The van der Waals surface area contributed by atoms with Gasteiger partial charge in [0.05, 0.1) is 12.8 Å². The van der Waals surface area contributed by atoms with Gasteiger partial charge in [0.2, 0.25) is 0 Å². The van der Waals surface area contributed by atoms with E-state index < -0.39 is 17.4 Å². The second-order valence-electron chi connectivity index (χ2n) is 4.45. The number of ether oxygens (including phenoxy) is 2. The first-order valence-electron chi connectivity index (χ1n) is 6.21. The van der Waals surface area contributed by atoms with Gasteiger partial charge >= 0.3 is 0 Å². The van der Waals surface area contributed by atoms with E-state index in [4.69, 9.17) is 9.47 Å². The van der Waals surface area contributed by atoms with E-state index in [1.807, 2.05) is 0 Å². The van der Waals surface area contributed by atoms with Crippen molar-refractivity contribution in [2.45, 2.75) is 18.9 Å². The van der Waals surface area contributed by atoms with Gasteiger partial charge in [-0.25, -0.2) is 8.78 Å². The van der Waals surface area contributed by atoms with Crippen LogP contribution in [0.4, 0.5) is 8.78 Å². The predicted octanol–water partition coefficient (Wildman–Crippen LogP) is 4.15. The quantitative estimate of drug-likeness (QED) is 0.753. The maximum Gasteiger partial charge on any atom is 0.191 e. The van der Waals surface area contributed by atoms with Crippen molar-refractivity contribution in [1.29, 1.82) is 0 Å². The summed E-state index contributed by atoms with van der Waals surface area (Å²) in [4.78, 5) is 4.23. The lowest BCUT2D eigenvalue weighted by Crippen LogP contribution is -2.03. The molecule has 0 radical (unpaired) electrons. The molecule has 21 heavy (non-hydrogen) atoms. The maximum absolute atomic E-state index is 13.8. The van der Waals surface area contributed by atoms with Gasteiger partial charge < -0.3 is 9.47 Å². The summed E-state index contributed by atoms with van der Waals surface area (Å²) >= 11 is 3.15. The van der Waals surface area contributed by atoms with Crippen LogP contribution in [0.3, 0.4) is 0 Å². The Hall–Kier alpha value is -1.69. The van der Waals surface area contributed by atoms with Gasteiger partial charge in [-0.15, -0.1) is 0 Å². The molecule has 1 heterocycles. The van der Waals surface area contributed by atoms with Crippen molar-refractivity contribution < 1.29 is 18.3 Å². The fourth-order valence-corrected chi connectivity index (χ4v) is 2.19. The summed E-state index contributed by atoms with van der Waals surface area (Å²) in [5.74, 6) is -1.24. The SMILES string of the molecule is COc1cc(C)nc(COc2c(F)cc(CBr)cc2F)c1. The zero-order chi connectivity index (χ0) is 15.4. The highest BCUT2D eigenvalue weighted by molar-refractivity contribution is 9.08. The predicted molar refractivity (Wildman–Crippen MR) is 78.8 cm³/mol. The fourth-order valence-electron chi connectivity index (χ4n) is 1.87. The Kier molecular flexibility index (Phi) is 5.12. The van der Waals surface area contributed by atoms with Crippen molar-refractivity contribution in [3.63, 3.8) is 0 Å². The average Bonchev–Trinajstić information content (AvgIpc) is 2.45. The van der Waals surface area contributed by atoms with Crippen molar-refractivity contribution in [3.8, 4) is 11.5 Å². The number of aromatic nitrogens is 1. The lowest BCUT2D eigenvalue weighted by Gasteiger charge is -2.10. The van der Waals surface area contributed by atoms with E-state index in [9.17, 15) is 8.78 Å². The van der Waals surface area contributed by atoms with Crippen LogP contribution in [0.2, 0.25) is 0 Å². The van der Waals surface area contributed by atoms with E-state index in [1.165, 1.54) is 19.2 Å². The highest BCUT2D eigenvalue weighted by Gasteiger charge is 2.13. The average molecular weight is 358 g/mol. The molecule has 0 saturated carbocycles. The van der Waals surface area contributed by atoms with Crippen LogP contribution in [0.5, 0.6) is 11.5 Å². The van der Waals surface area contributed by atoms with Gasteiger partial charge in [0.15, 0.2) is 17.4 Å². The summed E-state index contributed by atoms with van der Waals surface area (Å²) in [6, 6.07) is 5.89. The number of alkyl halides is 1. The first-order valence-corrected chi connectivity index (χ1v) is 7.34. The van der Waals surface area contributed by atoms with E-state index in [0.29, 0.717) is 22.3 Å². The lowest BCUT2D eigenvalue weighted by atomic mass is 10.2. The molecular weight excluding hydrogens is 344 g/mol. The van der Waals surface area contributed by atoms with Crippen LogP contribution in [0.25, 0.3) is 0 Å². The number of pyridine rings is 1. The Bertz CT molecular complexity index is 627. The number of rotatable bonds is 5. The molecule has 112 valence electrons. The summed E-state index contributed by atoms with van der Waals surface area (Å²) in [6.45, 7) is 1.76. The van der Waals surface area contributed by atoms with Crippen LogP contribution in [0.1, 0.15) is 17.0 Å². The molecule has 6 heteroatoms. The molecule has 0 fully saturated rings. The standard InChI is InChI=1S/C15H14BrF2NO2/c1-9-3-12(20-2)6-11(19-9)8-21-15-13(17)4-10(7-16)5-14(15)18/h3-6H,7-8H2,1-2H3. The van der Waals surface area contributed by atoms with Gasteiger partial charge in [-0.3, -0.25) is 4.98 Å². The molecule has 1 aromatic heterocycles. The number of benzene rings is 1. The smallest absolute Gasteiger partial charge is 0.191 e. The zero-order valence-corrected chi connectivity index (χ0v) is 13.2.